The zero-order chi connectivity index (χ0) is 11.5. The lowest BCUT2D eigenvalue weighted by Gasteiger charge is -2.25. The molecule has 0 aliphatic heterocycles. The number of rotatable bonds is 4. The molecule has 0 amide bonds. The van der Waals surface area contributed by atoms with Crippen LogP contribution >= 0.6 is 0 Å². The molecule has 1 rings (SSSR count). The molecule has 1 aromatic rings. The summed E-state index contributed by atoms with van der Waals surface area (Å²) >= 11 is 0. The number of aryl methyl sites for hydroxylation is 1. The van der Waals surface area contributed by atoms with E-state index in [2.05, 4.69) is 19.1 Å². The van der Waals surface area contributed by atoms with Crippen LogP contribution in [-0.2, 0) is 11.8 Å². The van der Waals surface area contributed by atoms with Crippen LogP contribution in [-0.4, -0.2) is 18.8 Å². The number of aliphatic hydroxyl groups is 1. The molecule has 0 fully saturated rings. The summed E-state index contributed by atoms with van der Waals surface area (Å²) in [5.74, 6) is 0.853. The lowest BCUT2D eigenvalue weighted by Crippen LogP contribution is -2.23. The molecule has 2 nitrogen and oxygen atoms in total. The number of ether oxygens (including phenoxy) is 1. The van der Waals surface area contributed by atoms with Crippen molar-refractivity contribution >= 4 is 0 Å². The van der Waals surface area contributed by atoms with Gasteiger partial charge in [-0.3, -0.25) is 0 Å². The van der Waals surface area contributed by atoms with E-state index in [9.17, 15) is 5.11 Å². The largest absolute Gasteiger partial charge is 0.496 e. The Morgan fingerprint density at radius 2 is 2.00 bits per heavy atom. The highest BCUT2D eigenvalue weighted by Gasteiger charge is 2.23. The van der Waals surface area contributed by atoms with E-state index in [0.717, 1.165) is 17.7 Å². The molecule has 0 radical (unpaired) electrons. The van der Waals surface area contributed by atoms with E-state index in [-0.39, 0.29) is 12.0 Å². The summed E-state index contributed by atoms with van der Waals surface area (Å²) in [6.45, 7) is 6.28. The van der Waals surface area contributed by atoms with Gasteiger partial charge in [0, 0.05) is 11.0 Å². The van der Waals surface area contributed by atoms with E-state index in [1.165, 1.54) is 5.56 Å². The van der Waals surface area contributed by atoms with Crippen LogP contribution in [0.3, 0.4) is 0 Å². The first-order valence-electron chi connectivity index (χ1n) is 5.33. The van der Waals surface area contributed by atoms with Crippen molar-refractivity contribution in [3.05, 3.63) is 29.3 Å². The molecule has 0 bridgehead atoms. The van der Waals surface area contributed by atoms with Crippen molar-refractivity contribution in [3.63, 3.8) is 0 Å². The maximum absolute atomic E-state index is 9.38. The van der Waals surface area contributed by atoms with Crippen molar-refractivity contribution in [2.45, 2.75) is 32.6 Å². The van der Waals surface area contributed by atoms with Crippen molar-refractivity contribution in [1.82, 2.24) is 0 Å². The summed E-state index contributed by atoms with van der Waals surface area (Å²) in [6.07, 6.45) is 0.999. The highest BCUT2D eigenvalue weighted by atomic mass is 16.5. The lowest BCUT2D eigenvalue weighted by molar-refractivity contribution is 0.214. The van der Waals surface area contributed by atoms with Crippen molar-refractivity contribution < 1.29 is 9.84 Å². The molecule has 84 valence electrons. The minimum Gasteiger partial charge on any atom is -0.496 e. The van der Waals surface area contributed by atoms with Gasteiger partial charge in [-0.05, 0) is 18.1 Å². The third-order valence-electron chi connectivity index (χ3n) is 2.80. The molecule has 0 saturated carbocycles. The SMILES string of the molecule is CCc1ccc(OC)c(C(C)(C)CO)c1. The lowest BCUT2D eigenvalue weighted by atomic mass is 9.84. The van der Waals surface area contributed by atoms with E-state index in [1.54, 1.807) is 7.11 Å². The van der Waals surface area contributed by atoms with Crippen LogP contribution in [0.5, 0.6) is 5.75 Å². The van der Waals surface area contributed by atoms with Gasteiger partial charge in [-0.15, -0.1) is 0 Å². The van der Waals surface area contributed by atoms with Gasteiger partial charge in [0.1, 0.15) is 5.75 Å². The first-order chi connectivity index (χ1) is 7.05. The fourth-order valence-corrected chi connectivity index (χ4v) is 1.59. The predicted molar refractivity (Wildman–Crippen MR) is 62.5 cm³/mol. The molecule has 1 aromatic carbocycles. The zero-order valence-electron chi connectivity index (χ0n) is 10.0. The highest BCUT2D eigenvalue weighted by molar-refractivity contribution is 5.42. The van der Waals surface area contributed by atoms with E-state index in [0.29, 0.717) is 0 Å². The molecule has 0 spiro atoms. The van der Waals surface area contributed by atoms with E-state index in [1.807, 2.05) is 19.9 Å². The monoisotopic (exact) mass is 208 g/mol. The van der Waals surface area contributed by atoms with Crippen LogP contribution in [0, 0.1) is 0 Å². The Labute approximate surface area is 91.9 Å². The average molecular weight is 208 g/mol. The summed E-state index contributed by atoms with van der Waals surface area (Å²) in [4.78, 5) is 0. The minimum atomic E-state index is -0.253. The summed E-state index contributed by atoms with van der Waals surface area (Å²) in [5.41, 5.74) is 2.09. The molecule has 0 unspecified atom stereocenters. The van der Waals surface area contributed by atoms with Gasteiger partial charge in [0.15, 0.2) is 0 Å². The number of hydrogen-bond acceptors (Lipinski definition) is 2. The normalized spacial score (nSPS) is 11.5. The second kappa shape index (κ2) is 4.67. The Kier molecular flexibility index (Phi) is 3.75. The first kappa shape index (κ1) is 12.1. The topological polar surface area (TPSA) is 29.5 Å². The summed E-state index contributed by atoms with van der Waals surface area (Å²) in [7, 11) is 1.66. The maximum atomic E-state index is 9.38. The van der Waals surface area contributed by atoms with Gasteiger partial charge in [-0.1, -0.05) is 32.9 Å². The molecule has 1 N–H and O–H groups in total. The highest BCUT2D eigenvalue weighted by Crippen LogP contribution is 2.32. The third kappa shape index (κ3) is 2.51. The Bertz CT molecular complexity index is 329. The molecule has 0 aliphatic carbocycles. The predicted octanol–water partition coefficient (Wildman–Crippen LogP) is 2.53. The average Bonchev–Trinajstić information content (AvgIpc) is 2.28. The van der Waals surface area contributed by atoms with Crippen LogP contribution in [0.15, 0.2) is 18.2 Å². The molecule has 15 heavy (non-hydrogen) atoms. The van der Waals surface area contributed by atoms with Gasteiger partial charge >= 0.3 is 0 Å². The third-order valence-corrected chi connectivity index (χ3v) is 2.80. The van der Waals surface area contributed by atoms with Crippen molar-refractivity contribution in [2.75, 3.05) is 13.7 Å². The molecule has 0 saturated heterocycles. The molecule has 0 aromatic heterocycles. The Morgan fingerprint density at radius 3 is 2.47 bits per heavy atom. The number of methoxy groups -OCH3 is 1. The first-order valence-corrected chi connectivity index (χ1v) is 5.33. The van der Waals surface area contributed by atoms with Gasteiger partial charge in [0.25, 0.3) is 0 Å². The second-order valence-corrected chi connectivity index (χ2v) is 4.43. The van der Waals surface area contributed by atoms with Crippen LogP contribution < -0.4 is 4.74 Å². The van der Waals surface area contributed by atoms with Gasteiger partial charge in [0.2, 0.25) is 0 Å². The summed E-state index contributed by atoms with van der Waals surface area (Å²) < 4.78 is 5.32. The molecular formula is C13H20O2. The van der Waals surface area contributed by atoms with E-state index >= 15 is 0 Å². The van der Waals surface area contributed by atoms with Gasteiger partial charge in [0.05, 0.1) is 13.7 Å². The molecule has 2 heteroatoms. The van der Waals surface area contributed by atoms with Gasteiger partial charge < -0.3 is 9.84 Å². The van der Waals surface area contributed by atoms with E-state index in [4.69, 9.17) is 4.74 Å². The smallest absolute Gasteiger partial charge is 0.122 e. The van der Waals surface area contributed by atoms with Crippen molar-refractivity contribution in [2.24, 2.45) is 0 Å². The minimum absolute atomic E-state index is 0.122. The fraction of sp³-hybridized carbons (Fsp3) is 0.538. The van der Waals surface area contributed by atoms with Crippen molar-refractivity contribution in [1.29, 1.82) is 0 Å². The molecule has 0 aliphatic rings. The Balaban J connectivity index is 3.23. The van der Waals surface area contributed by atoms with Gasteiger partial charge in [-0.2, -0.15) is 0 Å². The standard InChI is InChI=1S/C13H20O2/c1-5-10-6-7-12(15-4)11(8-10)13(2,3)9-14/h6-8,14H,5,9H2,1-4H3. The fourth-order valence-electron chi connectivity index (χ4n) is 1.59. The molecule has 0 heterocycles. The zero-order valence-corrected chi connectivity index (χ0v) is 10.0. The van der Waals surface area contributed by atoms with Crippen LogP contribution in [0.2, 0.25) is 0 Å². The Hall–Kier alpha value is -1.02. The number of benzene rings is 1. The van der Waals surface area contributed by atoms with Gasteiger partial charge in [-0.25, -0.2) is 0 Å². The van der Waals surface area contributed by atoms with Crippen molar-refractivity contribution in [3.8, 4) is 5.75 Å². The van der Waals surface area contributed by atoms with Crippen LogP contribution in [0.4, 0.5) is 0 Å². The van der Waals surface area contributed by atoms with Crippen LogP contribution in [0.1, 0.15) is 31.9 Å². The summed E-state index contributed by atoms with van der Waals surface area (Å²) in [5, 5.41) is 9.38. The maximum Gasteiger partial charge on any atom is 0.122 e. The number of aliphatic hydroxyl groups excluding tert-OH is 1. The second-order valence-electron chi connectivity index (χ2n) is 4.43. The quantitative estimate of drug-likeness (QED) is 0.824. The summed E-state index contributed by atoms with van der Waals surface area (Å²) in [6, 6.07) is 6.16. The van der Waals surface area contributed by atoms with Crippen LogP contribution in [0.25, 0.3) is 0 Å². The Morgan fingerprint density at radius 1 is 1.33 bits per heavy atom. The molecule has 0 atom stereocenters. The number of hydrogen-bond donors (Lipinski definition) is 1. The molecular weight excluding hydrogens is 188 g/mol. The van der Waals surface area contributed by atoms with E-state index < -0.39 is 0 Å².